The van der Waals surface area contributed by atoms with Crippen LogP contribution < -0.4 is 10.6 Å². The molecule has 4 aliphatic heterocycles. The molecule has 2 unspecified atom stereocenters. The van der Waals surface area contributed by atoms with Crippen LogP contribution in [-0.4, -0.2) is 25.2 Å². The third-order valence-corrected chi connectivity index (χ3v) is 5.12. The average molecular weight is 234 g/mol. The summed E-state index contributed by atoms with van der Waals surface area (Å²) in [5, 5.41) is 9.09. The van der Waals surface area contributed by atoms with Gasteiger partial charge in [0.15, 0.2) is 0 Å². The number of fused-ring (bicyclic) bond motifs is 7. The summed E-state index contributed by atoms with van der Waals surface area (Å²) in [4.78, 5) is 0. The molecule has 17 heavy (non-hydrogen) atoms. The first kappa shape index (κ1) is 12.0. The lowest BCUT2D eigenvalue weighted by Crippen LogP contribution is -2.39. The molecule has 2 aliphatic carbocycles. The van der Waals surface area contributed by atoms with Gasteiger partial charge >= 0.3 is 0 Å². The minimum absolute atomic E-state index is 0.767. The molecule has 6 rings (SSSR count). The second-order valence-corrected chi connectivity index (χ2v) is 6.43. The average Bonchev–Trinajstić information content (AvgIpc) is 2.79. The highest BCUT2D eigenvalue weighted by atomic mass is 14.9. The summed E-state index contributed by atoms with van der Waals surface area (Å²) in [5.74, 6) is 1.96. The van der Waals surface area contributed by atoms with Gasteiger partial charge in [0.05, 0.1) is 0 Å². The van der Waals surface area contributed by atoms with Crippen LogP contribution in [0.25, 0.3) is 0 Å². The number of hydrogen-bond donors (Lipinski definition) is 0. The number of nitrogens with zero attached hydrogens (tertiary/aromatic N) is 2. The molecule has 6 aliphatic rings. The van der Waals surface area contributed by atoms with Gasteiger partial charge in [0.1, 0.15) is 0 Å². The third kappa shape index (κ3) is 3.23. The fourth-order valence-corrected chi connectivity index (χ4v) is 3.83. The van der Waals surface area contributed by atoms with Gasteiger partial charge in [-0.2, -0.15) is 0 Å². The van der Waals surface area contributed by atoms with Gasteiger partial charge in [0.25, 0.3) is 0 Å². The molecule has 2 heteroatoms. The molecule has 0 N–H and O–H groups in total. The summed E-state index contributed by atoms with van der Waals surface area (Å²) in [6.45, 7) is 2.37. The highest BCUT2D eigenvalue weighted by Gasteiger charge is 2.27. The lowest BCUT2D eigenvalue weighted by molar-refractivity contribution is 0.208. The summed E-state index contributed by atoms with van der Waals surface area (Å²) in [7, 11) is 0. The van der Waals surface area contributed by atoms with Crippen LogP contribution in [0.15, 0.2) is 0 Å². The Morgan fingerprint density at radius 1 is 0.529 bits per heavy atom. The quantitative estimate of drug-likeness (QED) is 0.616. The topological polar surface area (TPSA) is 28.2 Å². The molecular formula is C15H26N2. The molecule has 0 aromatic rings. The Hall–Kier alpha value is -0.0800. The third-order valence-electron chi connectivity index (χ3n) is 5.12. The lowest BCUT2D eigenvalue weighted by atomic mass is 9.82. The molecule has 0 amide bonds. The van der Waals surface area contributed by atoms with E-state index in [1.165, 1.54) is 70.9 Å². The first-order chi connectivity index (χ1) is 8.40. The van der Waals surface area contributed by atoms with E-state index in [2.05, 4.69) is 10.6 Å². The Balaban J connectivity index is 0.000000107. The molecule has 96 valence electrons. The van der Waals surface area contributed by atoms with Crippen LogP contribution >= 0.6 is 0 Å². The molecule has 0 aromatic carbocycles. The summed E-state index contributed by atoms with van der Waals surface area (Å²) >= 11 is 0. The van der Waals surface area contributed by atoms with Crippen molar-refractivity contribution < 1.29 is 0 Å². The Labute approximate surface area is 106 Å². The maximum absolute atomic E-state index is 4.59. The highest BCUT2D eigenvalue weighted by Crippen LogP contribution is 2.29. The zero-order valence-corrected chi connectivity index (χ0v) is 11.0. The molecule has 2 saturated carbocycles. The van der Waals surface area contributed by atoms with Crippen molar-refractivity contribution in [2.24, 2.45) is 11.8 Å². The maximum atomic E-state index is 4.59. The minimum Gasteiger partial charge on any atom is -0.238 e. The first-order valence-electron chi connectivity index (χ1n) is 7.73. The van der Waals surface area contributed by atoms with Crippen LogP contribution in [-0.2, 0) is 0 Å². The normalized spacial score (nSPS) is 43.8. The van der Waals surface area contributed by atoms with Crippen LogP contribution in [0.2, 0.25) is 0 Å². The van der Waals surface area contributed by atoms with Gasteiger partial charge in [-0.05, 0) is 63.2 Å². The van der Waals surface area contributed by atoms with E-state index >= 15 is 0 Å². The van der Waals surface area contributed by atoms with Crippen molar-refractivity contribution in [1.29, 1.82) is 0 Å². The summed E-state index contributed by atoms with van der Waals surface area (Å²) < 4.78 is 0. The van der Waals surface area contributed by atoms with E-state index in [0.717, 1.165) is 23.9 Å². The predicted molar refractivity (Wildman–Crippen MR) is 70.1 cm³/mol. The van der Waals surface area contributed by atoms with Gasteiger partial charge in [0.2, 0.25) is 0 Å². The number of hydrogen-bond acceptors (Lipinski definition) is 0. The Bertz CT molecular complexity index is 185. The van der Waals surface area contributed by atoms with Crippen molar-refractivity contribution in [3.05, 3.63) is 0 Å². The van der Waals surface area contributed by atoms with E-state index in [4.69, 9.17) is 0 Å². The van der Waals surface area contributed by atoms with Crippen LogP contribution in [0.3, 0.4) is 0 Å². The minimum atomic E-state index is 0.767. The molecule has 0 aromatic heterocycles. The Kier molecular flexibility index (Phi) is 4.02. The van der Waals surface area contributed by atoms with Gasteiger partial charge in [-0.25, -0.2) is 10.6 Å². The van der Waals surface area contributed by atoms with E-state index in [1.807, 2.05) is 0 Å². The predicted octanol–water partition coefficient (Wildman–Crippen LogP) is 2.72. The smallest absolute Gasteiger partial charge is 0.0246 e. The van der Waals surface area contributed by atoms with Gasteiger partial charge < -0.3 is 0 Å². The van der Waals surface area contributed by atoms with Gasteiger partial charge in [0, 0.05) is 25.2 Å². The van der Waals surface area contributed by atoms with Crippen molar-refractivity contribution >= 4 is 0 Å². The zero-order valence-electron chi connectivity index (χ0n) is 11.0. The summed E-state index contributed by atoms with van der Waals surface area (Å²) in [6.07, 6.45) is 12.9. The highest BCUT2D eigenvalue weighted by molar-refractivity contribution is 4.84. The number of piperidine rings is 3. The zero-order chi connectivity index (χ0) is 11.5. The molecule has 2 atom stereocenters. The lowest BCUT2D eigenvalue weighted by Gasteiger charge is -2.35. The van der Waals surface area contributed by atoms with E-state index in [9.17, 15) is 0 Å². The molecule has 2 radical (unpaired) electrons. The van der Waals surface area contributed by atoms with Crippen molar-refractivity contribution in [2.45, 2.75) is 69.9 Å². The molecule has 4 bridgehead atoms. The van der Waals surface area contributed by atoms with E-state index in [-0.39, 0.29) is 0 Å². The van der Waals surface area contributed by atoms with Gasteiger partial charge in [-0.15, -0.1) is 0 Å². The number of rotatable bonds is 0. The van der Waals surface area contributed by atoms with Gasteiger partial charge in [-0.3, -0.25) is 0 Å². The Morgan fingerprint density at radius 3 is 1.53 bits per heavy atom. The van der Waals surface area contributed by atoms with Crippen molar-refractivity contribution in [2.75, 3.05) is 13.1 Å². The van der Waals surface area contributed by atoms with E-state index in [0.29, 0.717) is 0 Å². The maximum Gasteiger partial charge on any atom is 0.0246 e. The monoisotopic (exact) mass is 234 g/mol. The largest absolute Gasteiger partial charge is 0.238 e. The van der Waals surface area contributed by atoms with E-state index in [1.54, 1.807) is 0 Å². The molecule has 4 saturated heterocycles. The fourth-order valence-electron chi connectivity index (χ4n) is 3.83. The Morgan fingerprint density at radius 2 is 1.06 bits per heavy atom. The van der Waals surface area contributed by atoms with Crippen LogP contribution in [0.5, 0.6) is 0 Å². The van der Waals surface area contributed by atoms with Crippen LogP contribution in [0, 0.1) is 11.8 Å². The SMILES string of the molecule is C1CC2CCC(C1)[N]C2.C1CC2CCC1C[N]2. The fraction of sp³-hybridized carbons (Fsp3) is 1.00. The molecule has 2 nitrogen and oxygen atoms in total. The van der Waals surface area contributed by atoms with Crippen LogP contribution in [0.1, 0.15) is 57.8 Å². The first-order valence-corrected chi connectivity index (χ1v) is 7.73. The van der Waals surface area contributed by atoms with E-state index < -0.39 is 0 Å². The van der Waals surface area contributed by atoms with Crippen molar-refractivity contribution in [3.63, 3.8) is 0 Å². The van der Waals surface area contributed by atoms with Crippen molar-refractivity contribution in [1.82, 2.24) is 10.6 Å². The second kappa shape index (κ2) is 5.71. The summed E-state index contributed by atoms with van der Waals surface area (Å²) in [5.41, 5.74) is 0. The molecule has 0 spiro atoms. The molecule has 6 fully saturated rings. The van der Waals surface area contributed by atoms with Gasteiger partial charge in [-0.1, -0.05) is 6.42 Å². The molecular weight excluding hydrogens is 208 g/mol. The van der Waals surface area contributed by atoms with Crippen LogP contribution in [0.4, 0.5) is 0 Å². The summed E-state index contributed by atoms with van der Waals surface area (Å²) in [6, 6.07) is 1.55. The second-order valence-electron chi connectivity index (χ2n) is 6.43. The standard InChI is InChI=1S/C8H14N.C7H12N/c1-2-7-4-5-8(3-1)9-6-7;1-3-7-4-2-6(1)5-8-7/h7-8H,1-6H2;6-7H,1-5H2. The van der Waals surface area contributed by atoms with Crippen molar-refractivity contribution in [3.8, 4) is 0 Å². The molecule has 4 heterocycles.